The van der Waals surface area contributed by atoms with Gasteiger partial charge in [-0.25, -0.2) is 9.18 Å². The Kier molecular flexibility index (Phi) is 7.06. The third kappa shape index (κ3) is 5.46. The zero-order valence-electron chi connectivity index (χ0n) is 16.1. The monoisotopic (exact) mass is 429 g/mol. The Balaban J connectivity index is 2.09. The second-order valence-corrected chi connectivity index (χ2v) is 8.08. The van der Waals surface area contributed by atoms with Crippen molar-refractivity contribution in [2.75, 3.05) is 12.9 Å². The van der Waals surface area contributed by atoms with Crippen LogP contribution in [-0.4, -0.2) is 23.4 Å². The van der Waals surface area contributed by atoms with Crippen LogP contribution in [0.5, 0.6) is 0 Å². The quantitative estimate of drug-likeness (QED) is 0.447. The van der Waals surface area contributed by atoms with Crippen LogP contribution in [0.4, 0.5) is 4.39 Å². The molecule has 3 rings (SSSR count). The first-order valence-corrected chi connectivity index (χ1v) is 11.0. The van der Waals surface area contributed by atoms with Crippen LogP contribution in [0.3, 0.4) is 0 Å². The number of aromatic nitrogens is 1. The largest absolute Gasteiger partial charge is 0.463 e. The van der Waals surface area contributed by atoms with Gasteiger partial charge in [-0.05, 0) is 54.6 Å². The predicted octanol–water partition coefficient (Wildman–Crippen LogP) is 2.99. The van der Waals surface area contributed by atoms with Crippen molar-refractivity contribution in [3.63, 3.8) is 0 Å². The number of nitrogens with zero attached hydrogens (tertiary/aromatic N) is 1. The number of hydrogen-bond acceptors (Lipinski definition) is 5. The highest BCUT2D eigenvalue weighted by Crippen LogP contribution is 2.15. The molecule has 150 valence electrons. The van der Waals surface area contributed by atoms with Crippen molar-refractivity contribution in [2.24, 2.45) is 0 Å². The van der Waals surface area contributed by atoms with Gasteiger partial charge in [0.05, 0.1) is 23.8 Å². The Morgan fingerprint density at radius 1 is 1.17 bits per heavy atom. The summed E-state index contributed by atoms with van der Waals surface area (Å²) in [6.45, 7) is 2.22. The summed E-state index contributed by atoms with van der Waals surface area (Å²) in [6.07, 6.45) is 5.14. The number of carbonyl (C=O) groups is 1. The number of benzene rings is 2. The minimum Gasteiger partial charge on any atom is -0.463 e. The Hall–Kier alpha value is -2.64. The topological polar surface area (TPSA) is 48.3 Å². The number of ether oxygens (including phenoxy) is 1. The van der Waals surface area contributed by atoms with E-state index < -0.39 is 5.97 Å². The number of hydrogen-bond donors (Lipinski definition) is 0. The molecular formula is C22H20FNO3S2. The van der Waals surface area contributed by atoms with Crippen LogP contribution < -0.4 is 14.8 Å². The van der Waals surface area contributed by atoms with Gasteiger partial charge in [0.2, 0.25) is 0 Å². The van der Waals surface area contributed by atoms with Gasteiger partial charge in [0.25, 0.3) is 5.56 Å². The molecule has 1 aromatic heterocycles. The van der Waals surface area contributed by atoms with Crippen molar-refractivity contribution in [3.8, 4) is 0 Å². The van der Waals surface area contributed by atoms with Crippen molar-refractivity contribution in [1.29, 1.82) is 0 Å². The predicted molar refractivity (Wildman–Crippen MR) is 116 cm³/mol. The third-order valence-corrected chi connectivity index (χ3v) is 5.94. The molecule has 0 unspecified atom stereocenters. The molecule has 3 aromatic rings. The van der Waals surface area contributed by atoms with Crippen molar-refractivity contribution < 1.29 is 13.9 Å². The van der Waals surface area contributed by atoms with E-state index in [9.17, 15) is 14.0 Å². The molecule has 0 N–H and O–H groups in total. The number of thiazole rings is 1. The maximum atomic E-state index is 13.2. The van der Waals surface area contributed by atoms with Gasteiger partial charge in [-0.3, -0.25) is 9.36 Å². The fourth-order valence-corrected chi connectivity index (χ4v) is 4.14. The van der Waals surface area contributed by atoms with Crippen LogP contribution in [0.2, 0.25) is 0 Å². The van der Waals surface area contributed by atoms with E-state index in [1.807, 2.05) is 30.5 Å². The molecule has 0 atom stereocenters. The summed E-state index contributed by atoms with van der Waals surface area (Å²) >= 11 is 2.87. The maximum absolute atomic E-state index is 13.2. The molecule has 0 spiro atoms. The average Bonchev–Trinajstić information content (AvgIpc) is 2.99. The van der Waals surface area contributed by atoms with E-state index in [1.165, 1.54) is 34.1 Å². The molecular weight excluding hydrogens is 409 g/mol. The Morgan fingerprint density at radius 2 is 1.86 bits per heavy atom. The number of carbonyl (C=O) groups excluding carboxylic acids is 1. The smallest absolute Gasteiger partial charge is 0.333 e. The molecule has 0 radical (unpaired) electrons. The zero-order valence-corrected chi connectivity index (χ0v) is 17.7. The lowest BCUT2D eigenvalue weighted by Gasteiger charge is -2.03. The lowest BCUT2D eigenvalue weighted by atomic mass is 10.2. The average molecular weight is 430 g/mol. The lowest BCUT2D eigenvalue weighted by Crippen LogP contribution is -2.32. The molecule has 0 fully saturated rings. The Morgan fingerprint density at radius 3 is 2.48 bits per heavy atom. The summed E-state index contributed by atoms with van der Waals surface area (Å²) in [6, 6.07) is 13.8. The van der Waals surface area contributed by atoms with E-state index >= 15 is 0 Å². The number of halogens is 1. The first kappa shape index (κ1) is 21.1. The summed E-state index contributed by atoms with van der Waals surface area (Å²) in [7, 11) is 0. The minimum absolute atomic E-state index is 0.205. The number of thioether (sulfide) groups is 1. The fourth-order valence-electron chi connectivity index (χ4n) is 2.70. The minimum atomic E-state index is -0.502. The van der Waals surface area contributed by atoms with Gasteiger partial charge in [0.1, 0.15) is 10.5 Å². The van der Waals surface area contributed by atoms with E-state index in [0.717, 1.165) is 16.0 Å². The van der Waals surface area contributed by atoms with Crippen LogP contribution in [0, 0.1) is 5.82 Å². The van der Waals surface area contributed by atoms with Crippen molar-refractivity contribution >= 4 is 41.2 Å². The molecule has 2 aromatic carbocycles. The summed E-state index contributed by atoms with van der Waals surface area (Å²) < 4.78 is 20.7. The number of rotatable bonds is 6. The first-order chi connectivity index (χ1) is 14.0. The van der Waals surface area contributed by atoms with Crippen LogP contribution in [0.15, 0.2) is 58.2 Å². The molecule has 0 saturated heterocycles. The highest BCUT2D eigenvalue weighted by atomic mass is 32.2. The molecule has 1 heterocycles. The molecule has 0 saturated carbocycles. The Labute approximate surface area is 176 Å². The van der Waals surface area contributed by atoms with Gasteiger partial charge in [-0.1, -0.05) is 24.3 Å². The van der Waals surface area contributed by atoms with E-state index in [-0.39, 0.29) is 24.5 Å². The zero-order chi connectivity index (χ0) is 20.8. The maximum Gasteiger partial charge on any atom is 0.333 e. The van der Waals surface area contributed by atoms with Crippen LogP contribution in [0.25, 0.3) is 12.2 Å². The third-order valence-electron chi connectivity index (χ3n) is 4.13. The lowest BCUT2D eigenvalue weighted by molar-refractivity contribution is -0.135. The first-order valence-electron chi connectivity index (χ1n) is 8.98. The molecule has 0 amide bonds. The van der Waals surface area contributed by atoms with Crippen molar-refractivity contribution in [2.45, 2.75) is 18.4 Å². The fraction of sp³-hybridized carbons (Fsp3) is 0.182. The number of esters is 1. The van der Waals surface area contributed by atoms with Gasteiger partial charge in [-0.2, -0.15) is 0 Å². The van der Waals surface area contributed by atoms with Gasteiger partial charge in [0.15, 0.2) is 0 Å². The molecule has 0 bridgehead atoms. The normalized spacial score (nSPS) is 12.4. The highest BCUT2D eigenvalue weighted by Gasteiger charge is 2.08. The molecule has 7 heteroatoms. The van der Waals surface area contributed by atoms with Crippen LogP contribution in [-0.2, 0) is 16.1 Å². The second kappa shape index (κ2) is 9.71. The van der Waals surface area contributed by atoms with Gasteiger partial charge in [-0.15, -0.1) is 23.1 Å². The summed E-state index contributed by atoms with van der Waals surface area (Å²) in [5.74, 6) is -0.843. The molecule has 0 aliphatic carbocycles. The van der Waals surface area contributed by atoms with E-state index in [4.69, 9.17) is 4.74 Å². The van der Waals surface area contributed by atoms with E-state index in [0.29, 0.717) is 9.20 Å². The van der Waals surface area contributed by atoms with Crippen LogP contribution >= 0.6 is 23.1 Å². The van der Waals surface area contributed by atoms with Gasteiger partial charge < -0.3 is 4.74 Å². The molecule has 0 aliphatic rings. The molecule has 0 aliphatic heterocycles. The SMILES string of the molecule is CCOC(=O)/C=c1\s/c(=C\c2ccc(SC)cc2)c(=O)n1Cc1ccc(F)cc1. The molecule has 4 nitrogen and oxygen atoms in total. The Bertz CT molecular complexity index is 1160. The van der Waals surface area contributed by atoms with Gasteiger partial charge in [0, 0.05) is 4.90 Å². The van der Waals surface area contributed by atoms with E-state index in [2.05, 4.69) is 0 Å². The summed E-state index contributed by atoms with van der Waals surface area (Å²) in [5, 5.41) is 0. The van der Waals surface area contributed by atoms with E-state index in [1.54, 1.807) is 36.9 Å². The second-order valence-electron chi connectivity index (χ2n) is 6.14. The molecule has 29 heavy (non-hydrogen) atoms. The van der Waals surface area contributed by atoms with Crippen molar-refractivity contribution in [1.82, 2.24) is 4.57 Å². The van der Waals surface area contributed by atoms with Crippen LogP contribution in [0.1, 0.15) is 18.1 Å². The van der Waals surface area contributed by atoms with Gasteiger partial charge >= 0.3 is 5.97 Å². The van der Waals surface area contributed by atoms with Crippen molar-refractivity contribution in [3.05, 3.63) is 85.0 Å². The summed E-state index contributed by atoms with van der Waals surface area (Å²) in [5.41, 5.74) is 1.46. The summed E-state index contributed by atoms with van der Waals surface area (Å²) in [4.78, 5) is 26.1. The standard InChI is InChI=1S/C22H20FNO3S2/c1-3-27-21(25)13-20-24(14-16-4-8-17(23)9-5-16)22(26)19(29-20)12-15-6-10-18(28-2)11-7-15/h4-13H,3,14H2,1-2H3/b19-12-,20-13-. The highest BCUT2D eigenvalue weighted by molar-refractivity contribution is 7.98.